The minimum absolute atomic E-state index is 0.0523. The molecule has 0 bridgehead atoms. The van der Waals surface area contributed by atoms with Crippen LogP contribution in [0.5, 0.6) is 11.5 Å². The van der Waals surface area contributed by atoms with Crippen LogP contribution in [0.3, 0.4) is 0 Å². The van der Waals surface area contributed by atoms with Crippen LogP contribution < -0.4 is 25.8 Å². The van der Waals surface area contributed by atoms with Gasteiger partial charge >= 0.3 is 0 Å². The molecule has 1 fully saturated rings. The molecule has 0 unspecified atom stereocenters. The smallest absolute Gasteiger partial charge is 0.295 e. The number of ether oxygens (including phenoxy) is 2. The maximum Gasteiger partial charge on any atom is 0.295 e. The molecule has 6 heterocycles. The zero-order valence-corrected chi connectivity index (χ0v) is 34.0. The average Bonchev–Trinajstić information content (AvgIpc) is 4.05. The Balaban J connectivity index is 0.837. The molecule has 4 N–H and O–H groups in total. The summed E-state index contributed by atoms with van der Waals surface area (Å²) in [5.41, 5.74) is 10.4. The second-order valence-corrected chi connectivity index (χ2v) is 15.1. The maximum absolute atomic E-state index is 13.4. The fraction of sp³-hybridized carbons (Fsp3) is 0.256. The molecule has 4 aromatic heterocycles. The number of amides is 3. The number of ketones is 1. The number of carbonyl (C=O) groups excluding carboxylic acids is 5. The Hall–Kier alpha value is -7.76. The maximum atomic E-state index is 13.4. The Labute approximate surface area is 349 Å². The van der Waals surface area contributed by atoms with Gasteiger partial charge < -0.3 is 44.4 Å². The summed E-state index contributed by atoms with van der Waals surface area (Å²) in [5, 5.41) is 10.6. The van der Waals surface area contributed by atoms with Gasteiger partial charge in [0.15, 0.2) is 23.1 Å². The summed E-state index contributed by atoms with van der Waals surface area (Å²) < 4.78 is 17.5. The van der Waals surface area contributed by atoms with Crippen molar-refractivity contribution >= 4 is 69.4 Å². The fourth-order valence-corrected chi connectivity index (χ4v) is 7.58. The third-order valence-corrected chi connectivity index (χ3v) is 10.6. The van der Waals surface area contributed by atoms with Crippen molar-refractivity contribution in [1.29, 1.82) is 0 Å². The van der Waals surface area contributed by atoms with Crippen molar-refractivity contribution in [3.8, 4) is 11.5 Å². The Morgan fingerprint density at radius 2 is 1.75 bits per heavy atom. The minimum atomic E-state index is -0.439. The van der Waals surface area contributed by atoms with Crippen molar-refractivity contribution in [1.82, 2.24) is 33.4 Å². The van der Waals surface area contributed by atoms with Crippen molar-refractivity contribution in [3.63, 3.8) is 0 Å². The molecule has 18 heteroatoms. The van der Waals surface area contributed by atoms with Gasteiger partial charge in [-0.1, -0.05) is 12.2 Å². The Kier molecular flexibility index (Phi) is 10.6. The lowest BCUT2D eigenvalue weighted by Gasteiger charge is -2.20. The zero-order valence-electron chi connectivity index (χ0n) is 34.0. The van der Waals surface area contributed by atoms with Crippen molar-refractivity contribution in [2.24, 2.45) is 26.1 Å². The number of nitrogen functional groups attached to an aromatic ring is 1. The van der Waals surface area contributed by atoms with E-state index in [9.17, 15) is 24.0 Å². The van der Waals surface area contributed by atoms with E-state index in [4.69, 9.17) is 15.2 Å². The third-order valence-electron chi connectivity index (χ3n) is 10.6. The molecule has 2 aliphatic rings. The topological polar surface area (TPSA) is 215 Å². The van der Waals surface area contributed by atoms with Gasteiger partial charge in [0.05, 0.1) is 48.4 Å². The molecule has 6 aromatic rings. The van der Waals surface area contributed by atoms with Gasteiger partial charge in [0.25, 0.3) is 17.7 Å². The van der Waals surface area contributed by atoms with Crippen LogP contribution in [0, 0.1) is 0 Å². The van der Waals surface area contributed by atoms with Gasteiger partial charge in [-0.05, 0) is 54.8 Å². The number of hydrogen-bond donors (Lipinski definition) is 3. The quantitative estimate of drug-likeness (QED) is 0.0632. The number of rotatable bonds is 13. The number of nitrogens with two attached hydrogens (primary N) is 1. The number of methoxy groups -OCH3 is 1. The molecule has 1 saturated heterocycles. The summed E-state index contributed by atoms with van der Waals surface area (Å²) in [6.07, 6.45) is 9.29. The second kappa shape index (κ2) is 16.1. The highest BCUT2D eigenvalue weighted by atomic mass is 16.5. The lowest BCUT2D eigenvalue weighted by Crippen LogP contribution is -2.35. The third kappa shape index (κ3) is 8.02. The zero-order chi connectivity index (χ0) is 43.1. The van der Waals surface area contributed by atoms with Crippen molar-refractivity contribution < 1.29 is 33.4 Å². The number of anilines is 3. The average molecular weight is 826 g/mol. The molecule has 2 aromatic carbocycles. The first kappa shape index (κ1) is 40.0. The monoisotopic (exact) mass is 825 g/mol. The van der Waals surface area contributed by atoms with E-state index in [2.05, 4.69) is 32.3 Å². The first-order valence-electron chi connectivity index (χ1n) is 19.4. The number of hydrogen-bond acceptors (Lipinski definition) is 11. The fourth-order valence-electron chi connectivity index (χ4n) is 7.58. The van der Waals surface area contributed by atoms with Crippen LogP contribution in [-0.2, 0) is 32.4 Å². The van der Waals surface area contributed by atoms with Gasteiger partial charge in [0.1, 0.15) is 11.4 Å². The summed E-state index contributed by atoms with van der Waals surface area (Å²) in [7, 11) is 6.53. The number of nitrogens with zero attached hydrogens (tertiary/aromatic N) is 8. The van der Waals surface area contributed by atoms with Crippen LogP contribution in [0.15, 0.2) is 84.4 Å². The van der Waals surface area contributed by atoms with E-state index in [1.807, 2.05) is 0 Å². The first-order valence-corrected chi connectivity index (χ1v) is 19.4. The van der Waals surface area contributed by atoms with E-state index in [-0.39, 0.29) is 54.7 Å². The SMILES string of the molecule is C=C1C[C@H]2C=Nc3cc(OCCCC(=O)Nc4cn(C)c(C(=O)Cc5cc(C(=O)Nc6cc(C(=O)n7ncc8ccc(N)cc87)n(C)c6)n(C)c5)n4)c(OC)cc3C(=O)N2C1. The highest BCUT2D eigenvalue weighted by Gasteiger charge is 2.34. The molecule has 0 saturated carbocycles. The predicted molar refractivity (Wildman–Crippen MR) is 227 cm³/mol. The van der Waals surface area contributed by atoms with Gasteiger partial charge in [-0.25, -0.2) is 4.98 Å². The Morgan fingerprint density at radius 1 is 0.951 bits per heavy atom. The number of aliphatic imine (C=N–C) groups is 1. The lowest BCUT2D eigenvalue weighted by atomic mass is 10.1. The molecule has 1 atom stereocenters. The Bertz CT molecular complexity index is 2820. The number of aromatic nitrogens is 6. The lowest BCUT2D eigenvalue weighted by molar-refractivity contribution is -0.116. The molecule has 0 spiro atoms. The van der Waals surface area contributed by atoms with Gasteiger partial charge in [-0.2, -0.15) is 9.78 Å². The second-order valence-electron chi connectivity index (χ2n) is 15.1. The largest absolute Gasteiger partial charge is 0.493 e. The van der Waals surface area contributed by atoms with Crippen LogP contribution >= 0.6 is 0 Å². The van der Waals surface area contributed by atoms with Crippen molar-refractivity contribution in [2.45, 2.75) is 31.7 Å². The van der Waals surface area contributed by atoms with Crippen molar-refractivity contribution in [2.75, 3.05) is 36.6 Å². The number of fused-ring (bicyclic) bond motifs is 3. The number of nitrogens with one attached hydrogen (secondary N) is 2. The highest BCUT2D eigenvalue weighted by molar-refractivity contribution is 6.06. The Morgan fingerprint density at radius 3 is 2.56 bits per heavy atom. The van der Waals surface area contributed by atoms with Gasteiger partial charge in [0, 0.05) is 82.5 Å². The first-order chi connectivity index (χ1) is 29.3. The van der Waals surface area contributed by atoms with Crippen LogP contribution in [0.25, 0.3) is 10.9 Å². The van der Waals surface area contributed by atoms with Crippen molar-refractivity contribution in [3.05, 3.63) is 108 Å². The summed E-state index contributed by atoms with van der Waals surface area (Å²) in [4.78, 5) is 76.9. The van der Waals surface area contributed by atoms with Crippen LogP contribution in [0.4, 0.5) is 22.9 Å². The standard InChI is InChI=1S/C43H43N11O7/c1-24-11-29-19-45-31-17-37(36(60-5)16-30(31)42(58)53(29)20-24)61-10-6-7-39(56)48-38-23-52(4)40(49-38)35(55)13-25-12-33(50(2)21-25)41(57)47-28-15-34(51(3)22-28)43(59)54-32-14-27(44)9-8-26(32)18-46-54/h8-9,12,14-19,21-23,29H,1,6-7,10-11,13,20,44H2,2-5H3,(H,47,57)(H,48,56)/t29-/m0/s1. The number of imidazole rings is 1. The number of Topliss-reactive ketones (excluding diaryl/α,β-unsaturated/α-hetero) is 1. The van der Waals surface area contributed by atoms with Gasteiger partial charge in [-0.15, -0.1) is 0 Å². The van der Waals surface area contributed by atoms with E-state index >= 15 is 0 Å². The van der Waals surface area contributed by atoms with Gasteiger partial charge in [-0.3, -0.25) is 29.0 Å². The highest BCUT2D eigenvalue weighted by Crippen LogP contribution is 2.38. The molecular weight excluding hydrogens is 783 g/mol. The molecule has 61 heavy (non-hydrogen) atoms. The number of benzene rings is 2. The van der Waals surface area contributed by atoms with Crippen LogP contribution in [-0.4, -0.2) is 95.3 Å². The van der Waals surface area contributed by atoms with Gasteiger partial charge in [0.2, 0.25) is 11.7 Å². The molecule has 8 rings (SSSR count). The molecule has 2 aliphatic heterocycles. The molecule has 0 radical (unpaired) electrons. The van der Waals surface area contributed by atoms with Crippen LogP contribution in [0.1, 0.15) is 66.8 Å². The molecule has 312 valence electrons. The summed E-state index contributed by atoms with van der Waals surface area (Å²) in [5.74, 6) is -0.483. The minimum Gasteiger partial charge on any atom is -0.493 e. The van der Waals surface area contributed by atoms with E-state index in [1.165, 1.54) is 16.4 Å². The van der Waals surface area contributed by atoms with Crippen LogP contribution in [0.2, 0.25) is 0 Å². The molecular formula is C43H43N11O7. The summed E-state index contributed by atoms with van der Waals surface area (Å²) in [6.45, 7) is 4.68. The van der Waals surface area contributed by atoms with E-state index in [0.29, 0.717) is 76.0 Å². The summed E-state index contributed by atoms with van der Waals surface area (Å²) in [6, 6.07) is 11.5. The van der Waals surface area contributed by atoms with E-state index in [1.54, 1.807) is 109 Å². The van der Waals surface area contributed by atoms with E-state index in [0.717, 1.165) is 11.0 Å². The normalized spacial score (nSPS) is 14.5. The number of carbonyl (C=O) groups is 5. The summed E-state index contributed by atoms with van der Waals surface area (Å²) >= 11 is 0. The molecule has 18 nitrogen and oxygen atoms in total. The molecule has 0 aliphatic carbocycles. The molecule has 3 amide bonds. The van der Waals surface area contributed by atoms with E-state index < -0.39 is 11.8 Å². The predicted octanol–water partition coefficient (Wildman–Crippen LogP) is 4.69. The number of aryl methyl sites for hydroxylation is 3.